The minimum atomic E-state index is -0.897. The van der Waals surface area contributed by atoms with Crippen LogP contribution in [-0.4, -0.2) is 105 Å². The van der Waals surface area contributed by atoms with E-state index in [2.05, 4.69) is 5.32 Å². The van der Waals surface area contributed by atoms with Crippen molar-refractivity contribution in [1.82, 2.24) is 5.32 Å². The fraction of sp³-hybridized carbons (Fsp3) is 0.870. The predicted octanol–water partition coefficient (Wildman–Crippen LogP) is 9.24. The molecule has 0 radical (unpaired) electrons. The molecule has 0 aromatic rings. The number of nitrogens with one attached hydrogen (secondary N) is 1. The van der Waals surface area contributed by atoms with Gasteiger partial charge in [-0.2, -0.15) is 0 Å². The van der Waals surface area contributed by atoms with Crippen LogP contribution in [0.5, 0.6) is 0 Å². The minimum Gasteiger partial charge on any atom is -0.481 e. The van der Waals surface area contributed by atoms with Gasteiger partial charge in [-0.15, -0.1) is 0 Å². The Bertz CT molecular complexity index is 1040. The fourth-order valence-corrected chi connectivity index (χ4v) is 6.19. The molecule has 0 spiro atoms. The summed E-state index contributed by atoms with van der Waals surface area (Å²) in [6, 6.07) is 0. The summed E-state index contributed by atoms with van der Waals surface area (Å²) in [5, 5.41) is 20.8. The van der Waals surface area contributed by atoms with Gasteiger partial charge in [0.2, 0.25) is 5.91 Å². The summed E-state index contributed by atoms with van der Waals surface area (Å²) in [5.41, 5.74) is 0. The van der Waals surface area contributed by atoms with Gasteiger partial charge in [-0.3, -0.25) is 28.8 Å². The molecule has 59 heavy (non-hydrogen) atoms. The number of hydrogen-bond acceptors (Lipinski definition) is 10. The van der Waals surface area contributed by atoms with Crippen LogP contribution in [0.4, 0.5) is 0 Å². The third-order valence-electron chi connectivity index (χ3n) is 9.90. The Hall–Kier alpha value is -2.74. The Morgan fingerprint density at radius 1 is 0.441 bits per heavy atom. The maximum Gasteiger partial charge on any atom is 0.306 e. The van der Waals surface area contributed by atoms with Crippen LogP contribution in [-0.2, 0) is 47.7 Å². The van der Waals surface area contributed by atoms with Gasteiger partial charge >= 0.3 is 11.9 Å². The highest BCUT2D eigenvalue weighted by molar-refractivity contribution is 5.83. The highest BCUT2D eigenvalue weighted by Gasteiger charge is 2.20. The van der Waals surface area contributed by atoms with E-state index in [1.54, 1.807) is 6.92 Å². The van der Waals surface area contributed by atoms with Crippen molar-refractivity contribution in [2.45, 2.75) is 194 Å². The molecule has 0 heterocycles. The first-order valence-electron chi connectivity index (χ1n) is 23.1. The largest absolute Gasteiger partial charge is 0.481 e. The van der Waals surface area contributed by atoms with Crippen LogP contribution in [0.25, 0.3) is 0 Å². The number of ether oxygens (including phenoxy) is 4. The third-order valence-corrected chi connectivity index (χ3v) is 9.90. The monoisotopic (exact) mass is 844 g/mol. The van der Waals surface area contributed by atoms with Crippen LogP contribution >= 0.6 is 0 Å². The van der Waals surface area contributed by atoms with Crippen molar-refractivity contribution in [1.29, 1.82) is 0 Å². The van der Waals surface area contributed by atoms with Gasteiger partial charge in [-0.05, 0) is 45.4 Å². The number of hydrogen-bond donors (Lipinski definition) is 3. The number of carboxylic acid groups (broad SMARTS) is 2. The third kappa shape index (κ3) is 47.8. The molecular weight excluding hydrogens is 759 g/mol. The lowest BCUT2D eigenvalue weighted by atomic mass is 9.94. The summed E-state index contributed by atoms with van der Waals surface area (Å²) in [5.74, 6) is -1.67. The molecule has 0 rings (SSSR count). The van der Waals surface area contributed by atoms with E-state index in [9.17, 15) is 33.9 Å². The number of ketones is 3. The highest BCUT2D eigenvalue weighted by atomic mass is 16.5. The first kappa shape index (κ1) is 58.4. The van der Waals surface area contributed by atoms with Gasteiger partial charge in [-0.25, -0.2) is 0 Å². The Balaban J connectivity index is 0. The zero-order valence-corrected chi connectivity index (χ0v) is 37.5. The summed E-state index contributed by atoms with van der Waals surface area (Å²) < 4.78 is 21.2. The molecule has 0 unspecified atom stereocenters. The normalized spacial score (nSPS) is 11.4. The first-order valence-corrected chi connectivity index (χ1v) is 23.1. The average Bonchev–Trinajstić information content (AvgIpc) is 3.21. The van der Waals surface area contributed by atoms with Gasteiger partial charge in [0.25, 0.3) is 0 Å². The number of aliphatic carboxylic acids is 2. The summed E-state index contributed by atoms with van der Waals surface area (Å²) >= 11 is 0. The van der Waals surface area contributed by atoms with Crippen molar-refractivity contribution in [3.63, 3.8) is 0 Å². The van der Waals surface area contributed by atoms with Crippen molar-refractivity contribution in [2.24, 2.45) is 5.92 Å². The van der Waals surface area contributed by atoms with Crippen LogP contribution in [0.3, 0.4) is 0 Å². The molecule has 3 N–H and O–H groups in total. The van der Waals surface area contributed by atoms with E-state index in [-0.39, 0.29) is 29.7 Å². The Kier molecular flexibility index (Phi) is 45.8. The van der Waals surface area contributed by atoms with Crippen molar-refractivity contribution in [3.05, 3.63) is 0 Å². The summed E-state index contributed by atoms with van der Waals surface area (Å²) in [4.78, 5) is 68.0. The lowest BCUT2D eigenvalue weighted by Gasteiger charge is -2.12. The van der Waals surface area contributed by atoms with E-state index in [1.165, 1.54) is 51.4 Å². The summed E-state index contributed by atoms with van der Waals surface area (Å²) in [6.07, 6.45) is 22.9. The van der Waals surface area contributed by atoms with E-state index >= 15 is 0 Å². The van der Waals surface area contributed by atoms with Gasteiger partial charge < -0.3 is 34.5 Å². The molecule has 1 atom stereocenters. The quantitative estimate of drug-likeness (QED) is 0.0493. The zero-order valence-electron chi connectivity index (χ0n) is 37.5. The van der Waals surface area contributed by atoms with Gasteiger partial charge in [0.05, 0.1) is 39.0 Å². The van der Waals surface area contributed by atoms with Crippen LogP contribution in [0, 0.1) is 5.92 Å². The summed E-state index contributed by atoms with van der Waals surface area (Å²) in [6.45, 7) is 10.6. The van der Waals surface area contributed by atoms with Crippen LogP contribution in [0.1, 0.15) is 194 Å². The smallest absolute Gasteiger partial charge is 0.306 e. The molecule has 13 heteroatoms. The molecule has 0 aromatic heterocycles. The van der Waals surface area contributed by atoms with Crippen LogP contribution in [0.2, 0.25) is 0 Å². The lowest BCUT2D eigenvalue weighted by Crippen LogP contribution is -2.23. The summed E-state index contributed by atoms with van der Waals surface area (Å²) in [7, 11) is 0. The van der Waals surface area contributed by atoms with Gasteiger partial charge in [0.15, 0.2) is 0 Å². The van der Waals surface area contributed by atoms with Gasteiger partial charge in [0, 0.05) is 77.7 Å². The van der Waals surface area contributed by atoms with E-state index in [4.69, 9.17) is 24.1 Å². The minimum absolute atomic E-state index is 0.00433. The molecule has 0 aliphatic carbocycles. The molecule has 0 fully saturated rings. The Labute approximate surface area is 357 Å². The van der Waals surface area contributed by atoms with Crippen molar-refractivity contribution in [3.8, 4) is 0 Å². The SMILES string of the molecule is CCC(=O)NCCCC[C@@H](CC(=O)CCCCCCCCCCCCCCCCC(=O)O)C(=O)O.CCOCCOCCCC(=O)CCOCCOCCCC(=O)CC. The maximum atomic E-state index is 12.2. The number of unbranched alkanes of at least 4 members (excludes halogenated alkanes) is 14. The molecule has 13 nitrogen and oxygen atoms in total. The molecule has 1 amide bonds. The topological polar surface area (TPSA) is 192 Å². The Morgan fingerprint density at radius 3 is 1.37 bits per heavy atom. The fourth-order valence-electron chi connectivity index (χ4n) is 6.19. The molecule has 0 aliphatic rings. The molecule has 0 bridgehead atoms. The number of carboxylic acids is 2. The van der Waals surface area contributed by atoms with E-state index in [1.807, 2.05) is 13.8 Å². The average molecular weight is 844 g/mol. The number of rotatable bonds is 45. The molecule has 346 valence electrons. The predicted molar refractivity (Wildman–Crippen MR) is 232 cm³/mol. The number of carbonyl (C=O) groups is 6. The number of amides is 1. The molecule has 0 saturated carbocycles. The second-order valence-corrected chi connectivity index (χ2v) is 15.2. The molecule has 0 saturated heterocycles. The second kappa shape index (κ2) is 46.3. The van der Waals surface area contributed by atoms with E-state index in [0.717, 1.165) is 57.8 Å². The number of Topliss-reactive ketones (excluding diaryl/α,β-unsaturated/α-hetero) is 3. The molecule has 0 aromatic carbocycles. The van der Waals surface area contributed by atoms with Crippen molar-refractivity contribution in [2.75, 3.05) is 59.4 Å². The number of carbonyl (C=O) groups excluding carboxylic acids is 4. The van der Waals surface area contributed by atoms with Crippen molar-refractivity contribution < 1.29 is 57.9 Å². The van der Waals surface area contributed by atoms with Crippen LogP contribution < -0.4 is 5.32 Å². The Morgan fingerprint density at radius 2 is 0.898 bits per heavy atom. The molecule has 0 aliphatic heterocycles. The van der Waals surface area contributed by atoms with Gasteiger partial charge in [-0.1, -0.05) is 97.3 Å². The molecular formula is C46H85NO12. The maximum absolute atomic E-state index is 12.2. The van der Waals surface area contributed by atoms with Crippen molar-refractivity contribution >= 4 is 35.2 Å². The highest BCUT2D eigenvalue weighted by Crippen LogP contribution is 2.17. The van der Waals surface area contributed by atoms with E-state index < -0.39 is 17.9 Å². The standard InChI is InChI=1S/C28H51NO6.C18H34O6/c1-2-26(31)29-22-18-17-19-24(28(34)35)23-25(30)20-15-13-11-9-7-5-3-4-6-8-10-12-14-16-21-27(32)33;1-3-17(19)7-5-10-23-15-16-24-12-9-18(20)8-6-11-22-14-13-21-4-2/h24H,2-23H2,1H3,(H,29,31)(H,32,33)(H,34,35);3-16H2,1-2H3/t24-;/m0./s1. The van der Waals surface area contributed by atoms with Gasteiger partial charge in [0.1, 0.15) is 17.3 Å². The lowest BCUT2D eigenvalue weighted by molar-refractivity contribution is -0.144. The second-order valence-electron chi connectivity index (χ2n) is 15.2. The zero-order chi connectivity index (χ0) is 44.0. The van der Waals surface area contributed by atoms with Crippen LogP contribution in [0.15, 0.2) is 0 Å². The van der Waals surface area contributed by atoms with E-state index in [0.29, 0.717) is 117 Å². The first-order chi connectivity index (χ1) is 28.6.